The summed E-state index contributed by atoms with van der Waals surface area (Å²) in [5.74, 6) is 1.56. The lowest BCUT2D eigenvalue weighted by Crippen LogP contribution is -2.04. The highest BCUT2D eigenvalue weighted by Gasteiger charge is 2.23. The summed E-state index contributed by atoms with van der Waals surface area (Å²) < 4.78 is 4.60. The average Bonchev–Trinajstić information content (AvgIpc) is 4.00. The summed E-state index contributed by atoms with van der Waals surface area (Å²) in [6, 6.07) is 82.4. The Morgan fingerprint density at radius 1 is 0.351 bits per heavy atom. The van der Waals surface area contributed by atoms with E-state index in [0.29, 0.717) is 34.3 Å². The van der Waals surface area contributed by atoms with Crippen molar-refractivity contribution < 1.29 is 0 Å². The fourth-order valence-electron chi connectivity index (χ4n) is 10.3. The van der Waals surface area contributed by atoms with E-state index in [9.17, 15) is 10.5 Å². The summed E-state index contributed by atoms with van der Waals surface area (Å²) in [5, 5.41) is 24.6. The van der Waals surface area contributed by atoms with Crippen molar-refractivity contribution in [1.82, 2.24) is 24.1 Å². The first-order chi connectivity index (χ1) is 36.5. The molecule has 0 aliphatic rings. The average molecular weight is 943 g/mol. The van der Waals surface area contributed by atoms with Crippen LogP contribution in [0.5, 0.6) is 0 Å². The Morgan fingerprint density at radius 3 is 1.42 bits per heavy atom. The number of nitrogens with zero attached hydrogens (tertiary/aromatic N) is 8. The van der Waals surface area contributed by atoms with Gasteiger partial charge in [0.1, 0.15) is 0 Å². The molecule has 0 atom stereocenters. The van der Waals surface area contributed by atoms with E-state index in [0.717, 1.165) is 105 Å². The molecule has 74 heavy (non-hydrogen) atoms. The summed E-state index contributed by atoms with van der Waals surface area (Å²) >= 11 is 0. The van der Waals surface area contributed by atoms with Gasteiger partial charge in [-0.3, -0.25) is 0 Å². The first-order valence-electron chi connectivity index (χ1n) is 24.1. The minimum atomic E-state index is 0.484. The third kappa shape index (κ3) is 7.42. The standard InChI is InChI=1S/C66H38N8/c1-69-50-29-25-45(26-30-50)49-27-34-61-57(37-49)52-16-8-10-18-59(52)73(61)51-31-32-54(66-71-64(46-12-4-2-5-13-46)70-65(72-66)47-14-6-3-7-15-47)55(39-51)56-36-43(41-68)22-33-62(56)74-60-19-11-9-17-53(60)58-38-48(28-35-63(58)74)44-23-20-42(40-67)21-24-44/h2-39H. The fourth-order valence-corrected chi connectivity index (χ4v) is 10.3. The molecule has 0 N–H and O–H groups in total. The molecule has 13 rings (SSSR count). The lowest BCUT2D eigenvalue weighted by molar-refractivity contribution is 1.07. The summed E-state index contributed by atoms with van der Waals surface area (Å²) in [7, 11) is 0. The van der Waals surface area contributed by atoms with Crippen LogP contribution in [0.3, 0.4) is 0 Å². The number of nitriles is 2. The molecular formula is C66H38N8. The zero-order chi connectivity index (χ0) is 49.7. The smallest absolute Gasteiger partial charge is 0.187 e. The van der Waals surface area contributed by atoms with Gasteiger partial charge in [0.25, 0.3) is 0 Å². The third-order valence-corrected chi connectivity index (χ3v) is 13.9. The zero-order valence-electron chi connectivity index (χ0n) is 39.5. The largest absolute Gasteiger partial charge is 0.309 e. The van der Waals surface area contributed by atoms with Gasteiger partial charge in [0.15, 0.2) is 23.2 Å². The topological polar surface area (TPSA) is 100 Å². The Morgan fingerprint density at radius 2 is 0.838 bits per heavy atom. The first-order valence-corrected chi connectivity index (χ1v) is 24.1. The van der Waals surface area contributed by atoms with Gasteiger partial charge in [-0.05, 0) is 113 Å². The number of para-hydroxylation sites is 2. The fraction of sp³-hybridized carbons (Fsp3) is 0. The second-order valence-corrected chi connectivity index (χ2v) is 18.1. The maximum absolute atomic E-state index is 10.7. The van der Waals surface area contributed by atoms with Crippen molar-refractivity contribution in [1.29, 1.82) is 10.5 Å². The van der Waals surface area contributed by atoms with Gasteiger partial charge in [0, 0.05) is 49.5 Å². The maximum Gasteiger partial charge on any atom is 0.187 e. The van der Waals surface area contributed by atoms with Crippen molar-refractivity contribution in [3.8, 4) is 91.1 Å². The normalized spacial score (nSPS) is 11.2. The van der Waals surface area contributed by atoms with Gasteiger partial charge in [-0.15, -0.1) is 0 Å². The van der Waals surface area contributed by atoms with E-state index in [1.54, 1.807) is 0 Å². The van der Waals surface area contributed by atoms with Crippen molar-refractivity contribution in [3.05, 3.63) is 253 Å². The third-order valence-electron chi connectivity index (χ3n) is 13.9. The molecule has 342 valence electrons. The Kier molecular flexibility index (Phi) is 10.5. The molecule has 8 heteroatoms. The molecule has 0 fully saturated rings. The van der Waals surface area contributed by atoms with Crippen LogP contribution in [0, 0.1) is 29.2 Å². The highest BCUT2D eigenvalue weighted by molar-refractivity contribution is 6.12. The summed E-state index contributed by atoms with van der Waals surface area (Å²) in [6.07, 6.45) is 0. The monoisotopic (exact) mass is 942 g/mol. The van der Waals surface area contributed by atoms with Gasteiger partial charge in [0.2, 0.25) is 0 Å². The van der Waals surface area contributed by atoms with E-state index in [1.807, 2.05) is 121 Å². The van der Waals surface area contributed by atoms with Crippen LogP contribution >= 0.6 is 0 Å². The number of rotatable bonds is 8. The number of aromatic nitrogens is 5. The SMILES string of the molecule is [C-]#[N+]c1ccc(-c2ccc3c(c2)c2ccccc2n3-c2ccc(-c3nc(-c4ccccc4)nc(-c4ccccc4)n3)c(-c3cc(C#N)ccc3-n3c4ccccc4c4cc(-c5ccc(C#N)cc5)ccc43)c2)cc1. The molecule has 0 radical (unpaired) electrons. The van der Waals surface area contributed by atoms with Crippen molar-refractivity contribution in [2.45, 2.75) is 0 Å². The molecule has 10 aromatic carbocycles. The van der Waals surface area contributed by atoms with Crippen molar-refractivity contribution in [2.24, 2.45) is 0 Å². The van der Waals surface area contributed by atoms with Gasteiger partial charge in [-0.2, -0.15) is 10.5 Å². The molecule has 3 aromatic heterocycles. The molecule has 3 heterocycles. The van der Waals surface area contributed by atoms with Gasteiger partial charge in [-0.25, -0.2) is 19.8 Å². The first kappa shape index (κ1) is 43.3. The Balaban J connectivity index is 1.09. The second kappa shape index (κ2) is 17.9. The molecule has 0 spiro atoms. The number of benzene rings is 10. The van der Waals surface area contributed by atoms with Gasteiger partial charge in [-0.1, -0.05) is 146 Å². The molecule has 0 saturated carbocycles. The number of hydrogen-bond donors (Lipinski definition) is 0. The summed E-state index contributed by atoms with van der Waals surface area (Å²) in [6.45, 7) is 7.49. The van der Waals surface area contributed by atoms with E-state index in [-0.39, 0.29) is 0 Å². The van der Waals surface area contributed by atoms with E-state index >= 15 is 0 Å². The van der Waals surface area contributed by atoms with Gasteiger partial charge in [0.05, 0.1) is 57.6 Å². The predicted molar refractivity (Wildman–Crippen MR) is 297 cm³/mol. The molecule has 0 bridgehead atoms. The molecule has 0 aliphatic heterocycles. The van der Waals surface area contributed by atoms with Crippen LogP contribution in [0.25, 0.3) is 127 Å². The van der Waals surface area contributed by atoms with Gasteiger partial charge < -0.3 is 9.13 Å². The summed E-state index contributed by atoms with van der Waals surface area (Å²) in [5.41, 5.74) is 15.8. The highest BCUT2D eigenvalue weighted by Crippen LogP contribution is 2.43. The molecule has 0 saturated heterocycles. The molecule has 0 aliphatic carbocycles. The lowest BCUT2D eigenvalue weighted by atomic mass is 9.94. The molecule has 13 aromatic rings. The zero-order valence-corrected chi connectivity index (χ0v) is 39.5. The van der Waals surface area contributed by atoms with Crippen LogP contribution < -0.4 is 0 Å². The van der Waals surface area contributed by atoms with E-state index in [2.05, 4.69) is 135 Å². The van der Waals surface area contributed by atoms with Crippen LogP contribution in [-0.2, 0) is 0 Å². The van der Waals surface area contributed by atoms with Crippen molar-refractivity contribution >= 4 is 49.3 Å². The Labute approximate surface area is 426 Å². The number of fused-ring (bicyclic) bond motifs is 6. The van der Waals surface area contributed by atoms with Crippen LogP contribution in [0.4, 0.5) is 5.69 Å². The Bertz CT molecular complexity index is 4430. The van der Waals surface area contributed by atoms with Crippen molar-refractivity contribution in [2.75, 3.05) is 0 Å². The van der Waals surface area contributed by atoms with E-state index < -0.39 is 0 Å². The predicted octanol–water partition coefficient (Wildman–Crippen LogP) is 16.4. The van der Waals surface area contributed by atoms with E-state index in [1.165, 1.54) is 0 Å². The highest BCUT2D eigenvalue weighted by atomic mass is 15.0. The molecule has 0 unspecified atom stereocenters. The lowest BCUT2D eigenvalue weighted by Gasteiger charge is -2.19. The minimum Gasteiger partial charge on any atom is -0.309 e. The molecule has 0 amide bonds. The quantitative estimate of drug-likeness (QED) is 0.141. The van der Waals surface area contributed by atoms with E-state index in [4.69, 9.17) is 21.5 Å². The van der Waals surface area contributed by atoms with Crippen molar-refractivity contribution in [3.63, 3.8) is 0 Å². The maximum atomic E-state index is 10.7. The van der Waals surface area contributed by atoms with Crippen LogP contribution in [-0.4, -0.2) is 24.1 Å². The van der Waals surface area contributed by atoms with Crippen LogP contribution in [0.15, 0.2) is 231 Å². The molecular weight excluding hydrogens is 905 g/mol. The van der Waals surface area contributed by atoms with Crippen LogP contribution in [0.1, 0.15) is 11.1 Å². The molecule has 8 nitrogen and oxygen atoms in total. The minimum absolute atomic E-state index is 0.484. The number of hydrogen-bond acceptors (Lipinski definition) is 5. The summed E-state index contributed by atoms with van der Waals surface area (Å²) in [4.78, 5) is 19.2. The Hall–Kier alpha value is -10.7. The second-order valence-electron chi connectivity index (χ2n) is 18.1. The van der Waals surface area contributed by atoms with Gasteiger partial charge >= 0.3 is 0 Å². The van der Waals surface area contributed by atoms with Crippen LogP contribution in [0.2, 0.25) is 0 Å².